The first-order valence-corrected chi connectivity index (χ1v) is 11.0. The molecule has 4 nitrogen and oxygen atoms in total. The lowest BCUT2D eigenvalue weighted by Gasteiger charge is -2.20. The molecule has 0 saturated heterocycles. The van der Waals surface area contributed by atoms with Crippen LogP contribution in [-0.2, 0) is 11.8 Å². The van der Waals surface area contributed by atoms with E-state index in [9.17, 15) is 9.59 Å². The lowest BCUT2D eigenvalue weighted by Crippen LogP contribution is -2.25. The normalized spacial score (nSPS) is 17.6. The molecule has 1 aliphatic carbocycles. The Morgan fingerprint density at radius 1 is 1.19 bits per heavy atom. The predicted octanol–water partition coefficient (Wildman–Crippen LogP) is 4.88. The summed E-state index contributed by atoms with van der Waals surface area (Å²) in [6.45, 7) is 4.17. The van der Waals surface area contributed by atoms with Crippen molar-refractivity contribution in [2.24, 2.45) is 7.05 Å². The highest BCUT2D eigenvalue weighted by Crippen LogP contribution is 2.35. The number of aromatic nitrogens is 2. The minimum atomic E-state index is -0.0755. The third kappa shape index (κ3) is 3.36. The minimum Gasteiger partial charge on any atom is -0.298 e. The second-order valence-electron chi connectivity index (χ2n) is 7.21. The van der Waals surface area contributed by atoms with E-state index in [4.69, 9.17) is 4.98 Å². The number of carbonyl (C=O) groups is 1. The molecule has 0 N–H and O–H groups in total. The molecule has 4 rings (SSSR count). The molecule has 1 aliphatic rings. The van der Waals surface area contributed by atoms with Crippen molar-refractivity contribution in [3.05, 3.63) is 45.1 Å². The van der Waals surface area contributed by atoms with Crippen molar-refractivity contribution < 1.29 is 4.79 Å². The molecule has 0 spiro atoms. The lowest BCUT2D eigenvalue weighted by atomic mass is 9.99. The average Bonchev–Trinajstić information content (AvgIpc) is 3.07. The standard InChI is InChI=1S/C21H22N2O2S2/c1-12-8-9-14(10-13(12)2)15-11-26-19-18(15)20(25)23(3)21(22-19)27-17-7-5-4-6-16(17)24/h8-11,17H,4-7H2,1-3H3/t17-/m0/s1. The topological polar surface area (TPSA) is 52.0 Å². The van der Waals surface area contributed by atoms with Crippen molar-refractivity contribution in [3.63, 3.8) is 0 Å². The zero-order chi connectivity index (χ0) is 19.1. The number of aryl methyl sites for hydroxylation is 2. The highest BCUT2D eigenvalue weighted by molar-refractivity contribution is 8.00. The maximum Gasteiger partial charge on any atom is 0.263 e. The molecule has 0 radical (unpaired) electrons. The number of benzene rings is 1. The van der Waals surface area contributed by atoms with Crippen LogP contribution in [0.3, 0.4) is 0 Å². The Labute approximate surface area is 166 Å². The summed E-state index contributed by atoms with van der Waals surface area (Å²) in [6, 6.07) is 6.28. The number of hydrogen-bond acceptors (Lipinski definition) is 5. The summed E-state index contributed by atoms with van der Waals surface area (Å²) >= 11 is 2.94. The van der Waals surface area contributed by atoms with Crippen LogP contribution in [0.1, 0.15) is 36.8 Å². The zero-order valence-electron chi connectivity index (χ0n) is 15.7. The molecule has 27 heavy (non-hydrogen) atoms. The Hall–Kier alpha value is -1.92. The van der Waals surface area contributed by atoms with Crippen molar-refractivity contribution in [2.75, 3.05) is 0 Å². The van der Waals surface area contributed by atoms with Gasteiger partial charge in [0.15, 0.2) is 5.16 Å². The summed E-state index contributed by atoms with van der Waals surface area (Å²) in [5, 5.41) is 3.25. The van der Waals surface area contributed by atoms with Gasteiger partial charge >= 0.3 is 0 Å². The van der Waals surface area contributed by atoms with E-state index in [-0.39, 0.29) is 16.6 Å². The molecule has 0 amide bonds. The fraction of sp³-hybridized carbons (Fsp3) is 0.381. The van der Waals surface area contributed by atoms with Crippen LogP contribution in [0.25, 0.3) is 21.3 Å². The van der Waals surface area contributed by atoms with Gasteiger partial charge in [-0.3, -0.25) is 14.2 Å². The van der Waals surface area contributed by atoms with Gasteiger partial charge in [-0.15, -0.1) is 11.3 Å². The summed E-state index contributed by atoms with van der Waals surface area (Å²) in [5.74, 6) is 0.280. The largest absolute Gasteiger partial charge is 0.298 e. The number of ketones is 1. The van der Waals surface area contributed by atoms with Crippen LogP contribution in [0.15, 0.2) is 33.5 Å². The number of Topliss-reactive ketones (excluding diaryl/α,β-unsaturated/α-hetero) is 1. The van der Waals surface area contributed by atoms with Crippen LogP contribution in [0.4, 0.5) is 0 Å². The van der Waals surface area contributed by atoms with Gasteiger partial charge in [-0.25, -0.2) is 4.98 Å². The van der Waals surface area contributed by atoms with E-state index in [0.29, 0.717) is 17.0 Å². The van der Waals surface area contributed by atoms with Gasteiger partial charge < -0.3 is 0 Å². The molecule has 3 aromatic rings. The Morgan fingerprint density at radius 2 is 2.00 bits per heavy atom. The number of thiophene rings is 1. The smallest absolute Gasteiger partial charge is 0.263 e. The van der Waals surface area contributed by atoms with Gasteiger partial charge in [-0.1, -0.05) is 36.4 Å². The molecule has 1 saturated carbocycles. The van der Waals surface area contributed by atoms with Gasteiger partial charge in [0.2, 0.25) is 0 Å². The maximum atomic E-state index is 13.1. The van der Waals surface area contributed by atoms with Gasteiger partial charge in [0.25, 0.3) is 5.56 Å². The number of nitrogens with zero attached hydrogens (tertiary/aromatic N) is 2. The molecule has 1 fully saturated rings. The number of carbonyl (C=O) groups excluding carboxylic acids is 1. The van der Waals surface area contributed by atoms with Crippen molar-refractivity contribution in [2.45, 2.75) is 49.9 Å². The second-order valence-corrected chi connectivity index (χ2v) is 9.23. The summed E-state index contributed by atoms with van der Waals surface area (Å²) in [5.41, 5.74) is 4.39. The minimum absolute atomic E-state index is 0.0414. The van der Waals surface area contributed by atoms with Crippen LogP contribution in [0.5, 0.6) is 0 Å². The molecule has 1 atom stereocenters. The SMILES string of the molecule is Cc1ccc(-c2csc3nc(S[C@H]4CCCCC4=O)n(C)c(=O)c23)cc1C. The van der Waals surface area contributed by atoms with Crippen molar-refractivity contribution in [1.82, 2.24) is 9.55 Å². The van der Waals surface area contributed by atoms with Gasteiger partial charge in [0, 0.05) is 24.4 Å². The number of thioether (sulfide) groups is 1. The molecular weight excluding hydrogens is 376 g/mol. The maximum absolute atomic E-state index is 13.1. The summed E-state index contributed by atoms with van der Waals surface area (Å²) in [7, 11) is 1.76. The van der Waals surface area contributed by atoms with Crippen molar-refractivity contribution in [3.8, 4) is 11.1 Å². The average molecular weight is 399 g/mol. The van der Waals surface area contributed by atoms with E-state index in [1.807, 2.05) is 5.38 Å². The van der Waals surface area contributed by atoms with E-state index in [1.54, 1.807) is 11.6 Å². The van der Waals surface area contributed by atoms with Gasteiger partial charge in [-0.2, -0.15) is 0 Å². The van der Waals surface area contributed by atoms with Gasteiger partial charge in [0.1, 0.15) is 10.6 Å². The highest BCUT2D eigenvalue weighted by Gasteiger charge is 2.25. The molecule has 2 aromatic heterocycles. The van der Waals surface area contributed by atoms with E-state index in [0.717, 1.165) is 35.2 Å². The van der Waals surface area contributed by atoms with Crippen LogP contribution < -0.4 is 5.56 Å². The summed E-state index contributed by atoms with van der Waals surface area (Å²) in [4.78, 5) is 30.8. The molecule has 2 heterocycles. The summed E-state index contributed by atoms with van der Waals surface area (Å²) in [6.07, 6.45) is 3.56. The number of fused-ring (bicyclic) bond motifs is 1. The first-order chi connectivity index (χ1) is 13.0. The first-order valence-electron chi connectivity index (χ1n) is 9.21. The quantitative estimate of drug-likeness (QED) is 0.590. The Morgan fingerprint density at radius 3 is 2.74 bits per heavy atom. The molecule has 6 heteroatoms. The Kier molecular flexibility index (Phi) is 4.95. The fourth-order valence-corrected chi connectivity index (χ4v) is 5.65. The van der Waals surface area contributed by atoms with Gasteiger partial charge in [-0.05, 0) is 43.4 Å². The first kappa shape index (κ1) is 18.4. The Bertz CT molecular complexity index is 1100. The van der Waals surface area contributed by atoms with Crippen molar-refractivity contribution >= 4 is 39.1 Å². The highest BCUT2D eigenvalue weighted by atomic mass is 32.2. The summed E-state index contributed by atoms with van der Waals surface area (Å²) < 4.78 is 1.60. The van der Waals surface area contributed by atoms with Crippen molar-refractivity contribution in [1.29, 1.82) is 0 Å². The van der Waals surface area contributed by atoms with E-state index in [1.165, 1.54) is 34.2 Å². The van der Waals surface area contributed by atoms with E-state index < -0.39 is 0 Å². The third-order valence-corrected chi connectivity index (χ3v) is 7.57. The molecule has 140 valence electrons. The monoisotopic (exact) mass is 398 g/mol. The van der Waals surface area contributed by atoms with Crippen LogP contribution >= 0.6 is 23.1 Å². The molecular formula is C21H22N2O2S2. The number of hydrogen-bond donors (Lipinski definition) is 0. The molecule has 1 aromatic carbocycles. The Balaban J connectivity index is 1.78. The van der Waals surface area contributed by atoms with Gasteiger partial charge in [0.05, 0.1) is 10.6 Å². The van der Waals surface area contributed by atoms with Crippen LogP contribution in [0.2, 0.25) is 0 Å². The third-order valence-electron chi connectivity index (χ3n) is 5.34. The van der Waals surface area contributed by atoms with E-state index >= 15 is 0 Å². The fourth-order valence-electron chi connectivity index (χ4n) is 3.48. The number of rotatable bonds is 3. The zero-order valence-corrected chi connectivity index (χ0v) is 17.4. The van der Waals surface area contributed by atoms with Crippen LogP contribution in [0, 0.1) is 13.8 Å². The molecule has 0 unspecified atom stereocenters. The van der Waals surface area contributed by atoms with Crippen LogP contribution in [-0.4, -0.2) is 20.6 Å². The molecule has 0 aliphatic heterocycles. The second kappa shape index (κ2) is 7.24. The molecule has 0 bridgehead atoms. The predicted molar refractivity (Wildman–Crippen MR) is 113 cm³/mol. The van der Waals surface area contributed by atoms with E-state index in [2.05, 4.69) is 32.0 Å². The lowest BCUT2D eigenvalue weighted by molar-refractivity contribution is -0.119.